The predicted molar refractivity (Wildman–Crippen MR) is 96.9 cm³/mol. The van der Waals surface area contributed by atoms with Gasteiger partial charge in [-0.2, -0.15) is 0 Å². The van der Waals surface area contributed by atoms with Crippen molar-refractivity contribution < 1.29 is 9.59 Å². The number of benzene rings is 1. The molecule has 24 heavy (non-hydrogen) atoms. The zero-order valence-electron chi connectivity index (χ0n) is 14.9. The van der Waals surface area contributed by atoms with Gasteiger partial charge in [-0.25, -0.2) is 0 Å². The van der Waals surface area contributed by atoms with Gasteiger partial charge >= 0.3 is 0 Å². The Morgan fingerprint density at radius 2 is 1.67 bits per heavy atom. The van der Waals surface area contributed by atoms with E-state index in [1.54, 1.807) is 0 Å². The van der Waals surface area contributed by atoms with Crippen LogP contribution >= 0.6 is 0 Å². The minimum atomic E-state index is -0.0869. The molecule has 1 saturated carbocycles. The lowest BCUT2D eigenvalue weighted by Crippen LogP contribution is -2.35. The van der Waals surface area contributed by atoms with E-state index in [0.29, 0.717) is 36.9 Å². The molecule has 0 spiro atoms. The molecule has 0 atom stereocenters. The smallest absolute Gasteiger partial charge is 0.251 e. The molecule has 0 heterocycles. The molecule has 2 rings (SSSR count). The quantitative estimate of drug-likeness (QED) is 0.719. The third kappa shape index (κ3) is 6.34. The van der Waals surface area contributed by atoms with Gasteiger partial charge in [0.2, 0.25) is 5.91 Å². The van der Waals surface area contributed by atoms with Crippen molar-refractivity contribution >= 4 is 11.8 Å². The molecule has 2 amide bonds. The largest absolute Gasteiger partial charge is 0.354 e. The summed E-state index contributed by atoms with van der Waals surface area (Å²) < 4.78 is 0. The van der Waals surface area contributed by atoms with E-state index in [0.717, 1.165) is 6.42 Å². The molecular weight excluding hydrogens is 300 g/mol. The molecule has 0 aromatic heterocycles. The lowest BCUT2D eigenvalue weighted by atomic mass is 10.0. The Hall–Kier alpha value is -1.84. The van der Waals surface area contributed by atoms with Gasteiger partial charge in [0.1, 0.15) is 0 Å². The summed E-state index contributed by atoms with van der Waals surface area (Å²) in [5.41, 5.74) is 1.92. The highest BCUT2D eigenvalue weighted by atomic mass is 16.2. The van der Waals surface area contributed by atoms with Crippen molar-refractivity contribution in [3.8, 4) is 0 Å². The Balaban J connectivity index is 1.64. The van der Waals surface area contributed by atoms with Gasteiger partial charge in [0, 0.05) is 25.1 Å². The monoisotopic (exact) mass is 330 g/mol. The van der Waals surface area contributed by atoms with E-state index in [2.05, 4.69) is 24.5 Å². The molecule has 4 heteroatoms. The van der Waals surface area contributed by atoms with Crippen molar-refractivity contribution in [2.75, 3.05) is 13.1 Å². The Morgan fingerprint density at radius 1 is 1.04 bits per heavy atom. The average Bonchev–Trinajstić information content (AvgIpc) is 3.04. The first-order valence-electron chi connectivity index (χ1n) is 9.18. The third-order valence-electron chi connectivity index (χ3n) is 4.54. The molecule has 132 valence electrons. The molecule has 0 bridgehead atoms. The van der Waals surface area contributed by atoms with Crippen molar-refractivity contribution in [3.05, 3.63) is 35.4 Å². The fraction of sp³-hybridized carbons (Fsp3) is 0.600. The van der Waals surface area contributed by atoms with Crippen LogP contribution in [0.2, 0.25) is 0 Å². The first-order valence-corrected chi connectivity index (χ1v) is 9.18. The predicted octanol–water partition coefficient (Wildman–Crippen LogP) is 3.31. The highest BCUT2D eigenvalue weighted by Gasteiger charge is 2.18. The van der Waals surface area contributed by atoms with Gasteiger partial charge in [0.25, 0.3) is 5.91 Å². The van der Waals surface area contributed by atoms with Gasteiger partial charge in [-0.1, -0.05) is 38.8 Å². The van der Waals surface area contributed by atoms with Crippen molar-refractivity contribution in [2.24, 2.45) is 11.8 Å². The number of carbonyl (C=O) groups is 2. The lowest BCUT2D eigenvalue weighted by Gasteiger charge is -2.10. The molecule has 0 unspecified atom stereocenters. The molecule has 0 aliphatic heterocycles. The Morgan fingerprint density at radius 3 is 2.29 bits per heavy atom. The Kier molecular flexibility index (Phi) is 7.29. The molecule has 0 saturated heterocycles. The fourth-order valence-corrected chi connectivity index (χ4v) is 3.29. The van der Waals surface area contributed by atoms with Crippen LogP contribution in [0.3, 0.4) is 0 Å². The first kappa shape index (κ1) is 18.5. The van der Waals surface area contributed by atoms with Crippen LogP contribution in [-0.2, 0) is 11.2 Å². The second-order valence-electron chi connectivity index (χ2n) is 7.26. The highest BCUT2D eigenvalue weighted by Crippen LogP contribution is 2.27. The van der Waals surface area contributed by atoms with Crippen molar-refractivity contribution in [3.63, 3.8) is 0 Å². The van der Waals surface area contributed by atoms with Gasteiger partial charge in [-0.3, -0.25) is 9.59 Å². The van der Waals surface area contributed by atoms with Crippen LogP contribution < -0.4 is 10.6 Å². The van der Waals surface area contributed by atoms with Crippen LogP contribution in [0.1, 0.15) is 61.9 Å². The van der Waals surface area contributed by atoms with E-state index in [-0.39, 0.29) is 11.8 Å². The van der Waals surface area contributed by atoms with E-state index in [9.17, 15) is 9.59 Å². The summed E-state index contributed by atoms with van der Waals surface area (Å²) in [5.74, 6) is 1.19. The summed E-state index contributed by atoms with van der Waals surface area (Å²) in [7, 11) is 0. The molecule has 4 nitrogen and oxygen atoms in total. The van der Waals surface area contributed by atoms with E-state index in [4.69, 9.17) is 0 Å². The van der Waals surface area contributed by atoms with Gasteiger partial charge < -0.3 is 10.6 Å². The number of amides is 2. The molecule has 0 radical (unpaired) electrons. The van der Waals surface area contributed by atoms with Crippen LogP contribution in [0.15, 0.2) is 24.3 Å². The van der Waals surface area contributed by atoms with Gasteiger partial charge in [0.05, 0.1) is 0 Å². The molecule has 2 N–H and O–H groups in total. The Bertz CT molecular complexity index is 531. The number of nitrogens with one attached hydrogen (secondary N) is 2. The minimum absolute atomic E-state index is 0.0869. The number of hydrogen-bond acceptors (Lipinski definition) is 2. The average molecular weight is 330 g/mol. The summed E-state index contributed by atoms with van der Waals surface area (Å²) in [5, 5.41) is 5.75. The van der Waals surface area contributed by atoms with Crippen LogP contribution in [0.4, 0.5) is 0 Å². The molecule has 1 aliphatic rings. The van der Waals surface area contributed by atoms with Crippen molar-refractivity contribution in [1.82, 2.24) is 10.6 Å². The van der Waals surface area contributed by atoms with E-state index < -0.39 is 0 Å². The van der Waals surface area contributed by atoms with Gasteiger partial charge in [0.15, 0.2) is 0 Å². The zero-order valence-corrected chi connectivity index (χ0v) is 14.9. The molecule has 1 aromatic rings. The second-order valence-corrected chi connectivity index (χ2v) is 7.26. The maximum Gasteiger partial charge on any atom is 0.251 e. The van der Waals surface area contributed by atoms with E-state index in [1.807, 2.05) is 24.3 Å². The SMILES string of the molecule is CC(C)Cc1ccc(C(=O)NCCNC(=O)CC2CCCC2)cc1. The van der Waals surface area contributed by atoms with Crippen LogP contribution in [-0.4, -0.2) is 24.9 Å². The van der Waals surface area contributed by atoms with Crippen molar-refractivity contribution in [2.45, 2.75) is 52.4 Å². The first-order chi connectivity index (χ1) is 11.5. The summed E-state index contributed by atoms with van der Waals surface area (Å²) in [4.78, 5) is 23.9. The molecule has 1 aliphatic carbocycles. The van der Waals surface area contributed by atoms with E-state index >= 15 is 0 Å². The number of hydrogen-bond donors (Lipinski definition) is 2. The molecular formula is C20H30N2O2. The lowest BCUT2D eigenvalue weighted by molar-refractivity contribution is -0.121. The number of carbonyl (C=O) groups excluding carboxylic acids is 2. The normalized spacial score (nSPS) is 14.8. The third-order valence-corrected chi connectivity index (χ3v) is 4.54. The standard InChI is InChI=1S/C20H30N2O2/c1-15(2)13-17-7-9-18(10-8-17)20(24)22-12-11-21-19(23)14-16-5-3-4-6-16/h7-10,15-16H,3-6,11-14H2,1-2H3,(H,21,23)(H,22,24). The number of rotatable bonds is 8. The van der Waals surface area contributed by atoms with E-state index in [1.165, 1.54) is 31.2 Å². The molecule has 1 fully saturated rings. The summed E-state index contributed by atoms with van der Waals surface area (Å²) in [6.45, 7) is 5.31. The summed E-state index contributed by atoms with van der Waals surface area (Å²) >= 11 is 0. The fourth-order valence-electron chi connectivity index (χ4n) is 3.29. The maximum absolute atomic E-state index is 12.1. The van der Waals surface area contributed by atoms with Gasteiger partial charge in [-0.05, 0) is 48.8 Å². The molecule has 1 aromatic carbocycles. The van der Waals surface area contributed by atoms with Crippen molar-refractivity contribution in [1.29, 1.82) is 0 Å². The Labute approximate surface area is 145 Å². The summed E-state index contributed by atoms with van der Waals surface area (Å²) in [6, 6.07) is 7.76. The zero-order chi connectivity index (χ0) is 17.4. The summed E-state index contributed by atoms with van der Waals surface area (Å²) in [6.07, 6.45) is 6.52. The minimum Gasteiger partial charge on any atom is -0.354 e. The van der Waals surface area contributed by atoms with Crippen LogP contribution in [0.5, 0.6) is 0 Å². The topological polar surface area (TPSA) is 58.2 Å². The van der Waals surface area contributed by atoms with Crippen LogP contribution in [0.25, 0.3) is 0 Å². The highest BCUT2D eigenvalue weighted by molar-refractivity contribution is 5.94. The second kappa shape index (κ2) is 9.45. The van der Waals surface area contributed by atoms with Crippen LogP contribution in [0, 0.1) is 11.8 Å². The van der Waals surface area contributed by atoms with Gasteiger partial charge in [-0.15, -0.1) is 0 Å². The maximum atomic E-state index is 12.1.